The number of hydrogen-bond donors (Lipinski definition) is 1. The summed E-state index contributed by atoms with van der Waals surface area (Å²) in [6.45, 7) is 5.28. The Morgan fingerprint density at radius 2 is 1.86 bits per heavy atom. The molecule has 1 amide bonds. The predicted molar refractivity (Wildman–Crippen MR) is 75.5 cm³/mol. The predicted octanol–water partition coefficient (Wildman–Crippen LogP) is 1.39. The molecule has 1 rings (SSSR count). The monoisotopic (exact) mass is 290 g/mol. The highest BCUT2D eigenvalue weighted by molar-refractivity contribution is 5.84. The molecule has 0 bridgehead atoms. The van der Waals surface area contributed by atoms with Crippen molar-refractivity contribution in [3.05, 3.63) is 29.8 Å². The Hall–Kier alpha value is -2.55. The third-order valence-corrected chi connectivity index (χ3v) is 2.64. The molecule has 0 unspecified atom stereocenters. The average molecular weight is 290 g/mol. The van der Waals surface area contributed by atoms with Crippen molar-refractivity contribution >= 4 is 11.9 Å². The van der Waals surface area contributed by atoms with Crippen LogP contribution in [0, 0.1) is 11.3 Å². The number of carbonyl (C=O) groups is 2. The van der Waals surface area contributed by atoms with Crippen LogP contribution in [0.15, 0.2) is 24.3 Å². The van der Waals surface area contributed by atoms with Crippen molar-refractivity contribution in [1.29, 1.82) is 5.26 Å². The van der Waals surface area contributed by atoms with E-state index in [0.29, 0.717) is 17.9 Å². The summed E-state index contributed by atoms with van der Waals surface area (Å²) in [7, 11) is 0. The number of esters is 1. The first-order chi connectivity index (χ1) is 9.97. The minimum atomic E-state index is -0.871. The van der Waals surface area contributed by atoms with Crippen molar-refractivity contribution < 1.29 is 19.1 Å². The summed E-state index contributed by atoms with van der Waals surface area (Å²) in [4.78, 5) is 23.3. The lowest BCUT2D eigenvalue weighted by molar-refractivity contribution is -0.160. The molecule has 0 aliphatic heterocycles. The van der Waals surface area contributed by atoms with Crippen LogP contribution in [0.25, 0.3) is 0 Å². The zero-order valence-corrected chi connectivity index (χ0v) is 12.3. The fourth-order valence-electron chi connectivity index (χ4n) is 1.50. The second kappa shape index (κ2) is 7.90. The molecule has 1 N–H and O–H groups in total. The molecule has 0 aliphatic rings. The second-order valence-electron chi connectivity index (χ2n) is 4.37. The van der Waals surface area contributed by atoms with Crippen molar-refractivity contribution in [1.82, 2.24) is 5.32 Å². The third kappa shape index (κ3) is 5.15. The Labute approximate surface area is 123 Å². The SMILES string of the molecule is CCNC(=O)[C@@H](C)OC(=O)[C@H](C)Oc1ccc(C#N)cc1. The van der Waals surface area contributed by atoms with Gasteiger partial charge in [-0.3, -0.25) is 4.79 Å². The maximum Gasteiger partial charge on any atom is 0.347 e. The van der Waals surface area contributed by atoms with E-state index in [0.717, 1.165) is 0 Å². The molecule has 1 aromatic carbocycles. The highest BCUT2D eigenvalue weighted by Crippen LogP contribution is 2.14. The van der Waals surface area contributed by atoms with Gasteiger partial charge in [-0.15, -0.1) is 0 Å². The number of nitrogens with one attached hydrogen (secondary N) is 1. The molecule has 0 heterocycles. The minimum Gasteiger partial charge on any atom is -0.479 e. The highest BCUT2D eigenvalue weighted by atomic mass is 16.6. The lowest BCUT2D eigenvalue weighted by Gasteiger charge is -2.17. The highest BCUT2D eigenvalue weighted by Gasteiger charge is 2.22. The molecular weight excluding hydrogens is 272 g/mol. The molecule has 0 saturated heterocycles. The molecule has 1 aromatic rings. The van der Waals surface area contributed by atoms with Crippen molar-refractivity contribution in [3.8, 4) is 11.8 Å². The minimum absolute atomic E-state index is 0.351. The van der Waals surface area contributed by atoms with Crippen molar-refractivity contribution in [3.63, 3.8) is 0 Å². The van der Waals surface area contributed by atoms with Gasteiger partial charge >= 0.3 is 5.97 Å². The molecule has 0 fully saturated rings. The fraction of sp³-hybridized carbons (Fsp3) is 0.400. The zero-order valence-electron chi connectivity index (χ0n) is 12.3. The Kier molecular flexibility index (Phi) is 6.21. The van der Waals surface area contributed by atoms with Crippen molar-refractivity contribution in [2.45, 2.75) is 33.0 Å². The smallest absolute Gasteiger partial charge is 0.347 e. The third-order valence-electron chi connectivity index (χ3n) is 2.64. The van der Waals surface area contributed by atoms with Crippen LogP contribution in [0.4, 0.5) is 0 Å². The van der Waals surface area contributed by atoms with E-state index in [2.05, 4.69) is 5.32 Å². The molecule has 0 radical (unpaired) electrons. The number of likely N-dealkylation sites (N-methyl/N-ethyl adjacent to an activating group) is 1. The van der Waals surface area contributed by atoms with E-state index in [1.807, 2.05) is 6.07 Å². The van der Waals surface area contributed by atoms with Gasteiger partial charge in [0.1, 0.15) is 5.75 Å². The van der Waals surface area contributed by atoms with Crippen LogP contribution in [0.5, 0.6) is 5.75 Å². The van der Waals surface area contributed by atoms with Gasteiger partial charge in [0.25, 0.3) is 5.91 Å². The Morgan fingerprint density at radius 1 is 1.24 bits per heavy atom. The summed E-state index contributed by atoms with van der Waals surface area (Å²) in [6, 6.07) is 8.35. The zero-order chi connectivity index (χ0) is 15.8. The van der Waals surface area contributed by atoms with E-state index in [9.17, 15) is 9.59 Å². The number of hydrogen-bond acceptors (Lipinski definition) is 5. The molecule has 112 valence electrons. The summed E-state index contributed by atoms with van der Waals surface area (Å²) >= 11 is 0. The van der Waals surface area contributed by atoms with Gasteiger partial charge in [-0.25, -0.2) is 4.79 Å². The lowest BCUT2D eigenvalue weighted by atomic mass is 10.2. The largest absolute Gasteiger partial charge is 0.479 e. The number of nitriles is 1. The van der Waals surface area contributed by atoms with E-state index in [1.54, 1.807) is 31.2 Å². The van der Waals surface area contributed by atoms with Gasteiger partial charge in [-0.2, -0.15) is 5.26 Å². The van der Waals surface area contributed by atoms with Crippen LogP contribution in [0.2, 0.25) is 0 Å². The van der Waals surface area contributed by atoms with Gasteiger partial charge in [0.05, 0.1) is 11.6 Å². The Bertz CT molecular complexity index is 534. The molecular formula is C15H18N2O4. The van der Waals surface area contributed by atoms with Gasteiger partial charge in [0.15, 0.2) is 12.2 Å². The van der Waals surface area contributed by atoms with E-state index >= 15 is 0 Å². The van der Waals surface area contributed by atoms with Gasteiger partial charge in [-0.05, 0) is 45.0 Å². The van der Waals surface area contributed by atoms with Crippen LogP contribution >= 0.6 is 0 Å². The number of benzene rings is 1. The van der Waals surface area contributed by atoms with Crippen LogP contribution in [0.1, 0.15) is 26.3 Å². The van der Waals surface area contributed by atoms with Gasteiger partial charge in [-0.1, -0.05) is 0 Å². The number of carbonyl (C=O) groups excluding carboxylic acids is 2. The molecule has 0 aliphatic carbocycles. The van der Waals surface area contributed by atoms with Gasteiger partial charge in [0.2, 0.25) is 0 Å². The molecule has 2 atom stereocenters. The summed E-state index contributed by atoms with van der Waals surface area (Å²) in [5.41, 5.74) is 0.502. The number of nitrogens with zero attached hydrogens (tertiary/aromatic N) is 1. The first kappa shape index (κ1) is 16.5. The molecule has 0 saturated carbocycles. The Morgan fingerprint density at radius 3 is 2.38 bits per heavy atom. The molecule has 21 heavy (non-hydrogen) atoms. The standard InChI is InChI=1S/C15H18N2O4/c1-4-17-14(18)10(2)21-15(19)11(3)20-13-7-5-12(9-16)6-8-13/h5-8,10-11H,4H2,1-3H3,(H,17,18)/t10-,11+/m1/s1. The van der Waals surface area contributed by atoms with E-state index in [-0.39, 0.29) is 5.91 Å². The van der Waals surface area contributed by atoms with Crippen LogP contribution < -0.4 is 10.1 Å². The summed E-state index contributed by atoms with van der Waals surface area (Å²) < 4.78 is 10.4. The van der Waals surface area contributed by atoms with Crippen molar-refractivity contribution in [2.24, 2.45) is 0 Å². The first-order valence-corrected chi connectivity index (χ1v) is 6.63. The van der Waals surface area contributed by atoms with Gasteiger partial charge in [0, 0.05) is 6.54 Å². The fourth-order valence-corrected chi connectivity index (χ4v) is 1.50. The van der Waals surface area contributed by atoms with E-state index in [1.165, 1.54) is 13.8 Å². The van der Waals surface area contributed by atoms with Crippen LogP contribution in [-0.4, -0.2) is 30.6 Å². The summed E-state index contributed by atoms with van der Waals surface area (Å²) in [5.74, 6) is -0.529. The van der Waals surface area contributed by atoms with E-state index in [4.69, 9.17) is 14.7 Å². The normalized spacial score (nSPS) is 12.7. The quantitative estimate of drug-likeness (QED) is 0.800. The number of ether oxygens (including phenoxy) is 2. The van der Waals surface area contributed by atoms with Gasteiger partial charge < -0.3 is 14.8 Å². The average Bonchev–Trinajstić information content (AvgIpc) is 2.48. The first-order valence-electron chi connectivity index (χ1n) is 6.63. The van der Waals surface area contributed by atoms with Crippen LogP contribution in [0.3, 0.4) is 0 Å². The summed E-state index contributed by atoms with van der Waals surface area (Å²) in [6.07, 6.45) is -1.72. The van der Waals surface area contributed by atoms with Crippen LogP contribution in [-0.2, 0) is 14.3 Å². The maximum absolute atomic E-state index is 11.8. The molecule has 6 heteroatoms. The molecule has 0 aromatic heterocycles. The Balaban J connectivity index is 2.54. The maximum atomic E-state index is 11.8. The number of amides is 1. The molecule has 6 nitrogen and oxygen atoms in total. The second-order valence-corrected chi connectivity index (χ2v) is 4.37. The lowest BCUT2D eigenvalue weighted by Crippen LogP contribution is -2.38. The van der Waals surface area contributed by atoms with E-state index < -0.39 is 18.2 Å². The summed E-state index contributed by atoms with van der Waals surface area (Å²) in [5, 5.41) is 11.3. The number of rotatable bonds is 6. The molecule has 0 spiro atoms. The van der Waals surface area contributed by atoms with Crippen molar-refractivity contribution in [2.75, 3.05) is 6.54 Å². The topological polar surface area (TPSA) is 88.4 Å².